The van der Waals surface area contributed by atoms with Crippen LogP contribution in [0, 0.1) is 5.82 Å². The van der Waals surface area contributed by atoms with Crippen molar-refractivity contribution in [2.45, 2.75) is 12.8 Å². The molecule has 0 saturated carbocycles. The molecular weight excluding hydrogens is 281 g/mol. The molecule has 1 aliphatic heterocycles. The molecule has 20 heavy (non-hydrogen) atoms. The first kappa shape index (κ1) is 15.2. The van der Waals surface area contributed by atoms with E-state index in [2.05, 4.69) is 15.4 Å². The normalized spacial score (nSPS) is 16.2. The lowest BCUT2D eigenvalue weighted by molar-refractivity contribution is 0.238. The van der Waals surface area contributed by atoms with Gasteiger partial charge in [0.15, 0.2) is 5.58 Å². The van der Waals surface area contributed by atoms with Gasteiger partial charge in [-0.1, -0.05) is 5.16 Å². The van der Waals surface area contributed by atoms with Crippen LogP contribution in [-0.4, -0.2) is 42.8 Å². The number of nitrogens with zero attached hydrogens (tertiary/aromatic N) is 2. The maximum Gasteiger partial charge on any atom is 0.170 e. The van der Waals surface area contributed by atoms with Gasteiger partial charge in [-0.15, -0.1) is 12.4 Å². The summed E-state index contributed by atoms with van der Waals surface area (Å²) in [6.45, 7) is 5.46. The van der Waals surface area contributed by atoms with Crippen LogP contribution < -0.4 is 5.32 Å². The van der Waals surface area contributed by atoms with E-state index in [0.29, 0.717) is 5.58 Å². The van der Waals surface area contributed by atoms with Gasteiger partial charge in [0, 0.05) is 37.6 Å². The number of nitrogens with one attached hydrogen (secondary N) is 1. The van der Waals surface area contributed by atoms with Crippen LogP contribution in [0.2, 0.25) is 0 Å². The molecule has 1 N–H and O–H groups in total. The van der Waals surface area contributed by atoms with Gasteiger partial charge in [-0.3, -0.25) is 0 Å². The third kappa shape index (κ3) is 3.48. The molecule has 6 heteroatoms. The fourth-order valence-corrected chi connectivity index (χ4v) is 2.55. The highest BCUT2D eigenvalue weighted by molar-refractivity contribution is 5.85. The summed E-state index contributed by atoms with van der Waals surface area (Å²) < 4.78 is 18.2. The fraction of sp³-hybridized carbons (Fsp3) is 0.500. The second kappa shape index (κ2) is 7.02. The van der Waals surface area contributed by atoms with E-state index < -0.39 is 0 Å². The monoisotopic (exact) mass is 299 g/mol. The highest BCUT2D eigenvalue weighted by atomic mass is 35.5. The third-order valence-corrected chi connectivity index (χ3v) is 3.61. The Morgan fingerprint density at radius 1 is 1.30 bits per heavy atom. The van der Waals surface area contributed by atoms with E-state index in [-0.39, 0.29) is 18.2 Å². The van der Waals surface area contributed by atoms with E-state index >= 15 is 0 Å². The maximum absolute atomic E-state index is 13.0. The van der Waals surface area contributed by atoms with Gasteiger partial charge < -0.3 is 14.7 Å². The van der Waals surface area contributed by atoms with E-state index in [4.69, 9.17) is 4.52 Å². The van der Waals surface area contributed by atoms with Crippen molar-refractivity contribution in [2.75, 3.05) is 32.7 Å². The van der Waals surface area contributed by atoms with Gasteiger partial charge in [-0.25, -0.2) is 4.39 Å². The van der Waals surface area contributed by atoms with Crippen LogP contribution in [0.25, 0.3) is 11.0 Å². The summed E-state index contributed by atoms with van der Waals surface area (Å²) in [6, 6.07) is 4.60. The van der Waals surface area contributed by atoms with Crippen LogP contribution in [0.1, 0.15) is 12.1 Å². The molecule has 0 bridgehead atoms. The molecular formula is C14H19ClFN3O. The van der Waals surface area contributed by atoms with Crippen LogP contribution in [0.5, 0.6) is 0 Å². The Labute approximate surface area is 123 Å². The Hall–Kier alpha value is -1.17. The molecule has 1 aromatic carbocycles. The predicted octanol–water partition coefficient (Wildman–Crippen LogP) is 2.23. The molecule has 0 aliphatic carbocycles. The van der Waals surface area contributed by atoms with Crippen LogP contribution in [-0.2, 0) is 6.42 Å². The van der Waals surface area contributed by atoms with E-state index in [1.807, 2.05) is 0 Å². The zero-order valence-electron chi connectivity index (χ0n) is 11.3. The molecule has 2 heterocycles. The SMILES string of the molecule is Cl.Fc1ccc2c(CCCN3CCNCC3)noc2c1. The molecule has 2 aromatic rings. The minimum Gasteiger partial charge on any atom is -0.356 e. The first-order valence-corrected chi connectivity index (χ1v) is 6.80. The Morgan fingerprint density at radius 3 is 2.90 bits per heavy atom. The fourth-order valence-electron chi connectivity index (χ4n) is 2.55. The molecule has 0 atom stereocenters. The van der Waals surface area contributed by atoms with Crippen LogP contribution in [0.15, 0.2) is 22.7 Å². The number of aromatic nitrogens is 1. The molecule has 1 saturated heterocycles. The summed E-state index contributed by atoms with van der Waals surface area (Å²) in [5.41, 5.74) is 1.47. The van der Waals surface area contributed by atoms with Crippen molar-refractivity contribution >= 4 is 23.4 Å². The largest absolute Gasteiger partial charge is 0.356 e. The molecule has 0 spiro atoms. The zero-order valence-corrected chi connectivity index (χ0v) is 12.1. The smallest absolute Gasteiger partial charge is 0.170 e. The molecule has 4 nitrogen and oxygen atoms in total. The minimum atomic E-state index is -0.281. The van der Waals surface area contributed by atoms with Crippen LogP contribution >= 0.6 is 12.4 Å². The van der Waals surface area contributed by atoms with Crippen molar-refractivity contribution in [3.8, 4) is 0 Å². The van der Waals surface area contributed by atoms with Crippen molar-refractivity contribution in [1.29, 1.82) is 0 Å². The van der Waals surface area contributed by atoms with Crippen molar-refractivity contribution < 1.29 is 8.91 Å². The first-order valence-electron chi connectivity index (χ1n) is 6.80. The molecule has 1 fully saturated rings. The van der Waals surface area contributed by atoms with Crippen molar-refractivity contribution in [1.82, 2.24) is 15.4 Å². The highest BCUT2D eigenvalue weighted by Crippen LogP contribution is 2.20. The van der Waals surface area contributed by atoms with Crippen LogP contribution in [0.4, 0.5) is 4.39 Å². The van der Waals surface area contributed by atoms with Gasteiger partial charge in [-0.2, -0.15) is 0 Å². The number of halogens is 2. The molecule has 3 rings (SSSR count). The number of fused-ring (bicyclic) bond motifs is 1. The number of aryl methyl sites for hydroxylation is 1. The summed E-state index contributed by atoms with van der Waals surface area (Å²) >= 11 is 0. The van der Waals surface area contributed by atoms with Gasteiger partial charge in [0.25, 0.3) is 0 Å². The summed E-state index contributed by atoms with van der Waals surface area (Å²) in [5, 5.41) is 8.32. The Balaban J connectivity index is 0.00000147. The van der Waals surface area contributed by atoms with Gasteiger partial charge in [0.2, 0.25) is 0 Å². The topological polar surface area (TPSA) is 41.3 Å². The van der Waals surface area contributed by atoms with Gasteiger partial charge >= 0.3 is 0 Å². The van der Waals surface area contributed by atoms with Gasteiger partial charge in [0.1, 0.15) is 5.82 Å². The third-order valence-electron chi connectivity index (χ3n) is 3.61. The Kier molecular flexibility index (Phi) is 5.34. The van der Waals surface area contributed by atoms with E-state index in [9.17, 15) is 4.39 Å². The van der Waals surface area contributed by atoms with Crippen molar-refractivity contribution in [2.24, 2.45) is 0 Å². The quantitative estimate of drug-likeness (QED) is 0.940. The summed E-state index contributed by atoms with van der Waals surface area (Å²) in [6.07, 6.45) is 1.93. The second-order valence-corrected chi connectivity index (χ2v) is 4.96. The molecule has 110 valence electrons. The van der Waals surface area contributed by atoms with Crippen LogP contribution in [0.3, 0.4) is 0 Å². The first-order chi connectivity index (χ1) is 9.33. The lowest BCUT2D eigenvalue weighted by Gasteiger charge is -2.26. The molecule has 0 radical (unpaired) electrons. The number of benzene rings is 1. The molecule has 1 aromatic heterocycles. The van der Waals surface area contributed by atoms with Crippen molar-refractivity contribution in [3.05, 3.63) is 29.7 Å². The standard InChI is InChI=1S/C14H18FN3O.ClH/c15-11-3-4-12-13(17-19-14(12)10-11)2-1-7-18-8-5-16-6-9-18;/h3-4,10,16H,1-2,5-9H2;1H. The van der Waals surface area contributed by atoms with Gasteiger partial charge in [-0.05, 0) is 31.5 Å². The summed E-state index contributed by atoms with van der Waals surface area (Å²) in [7, 11) is 0. The van der Waals surface area contributed by atoms with E-state index in [1.54, 1.807) is 6.07 Å². The van der Waals surface area contributed by atoms with Crippen molar-refractivity contribution in [3.63, 3.8) is 0 Å². The summed E-state index contributed by atoms with van der Waals surface area (Å²) in [4.78, 5) is 2.46. The molecule has 0 amide bonds. The Bertz CT molecular complexity index is 554. The second-order valence-electron chi connectivity index (χ2n) is 4.96. The number of rotatable bonds is 4. The predicted molar refractivity (Wildman–Crippen MR) is 78.8 cm³/mol. The average Bonchev–Trinajstić information content (AvgIpc) is 2.82. The zero-order chi connectivity index (χ0) is 13.1. The minimum absolute atomic E-state index is 0. The van der Waals surface area contributed by atoms with E-state index in [1.165, 1.54) is 12.1 Å². The summed E-state index contributed by atoms with van der Waals surface area (Å²) in [5.74, 6) is -0.281. The number of hydrogen-bond acceptors (Lipinski definition) is 4. The average molecular weight is 300 g/mol. The number of piperazine rings is 1. The lowest BCUT2D eigenvalue weighted by atomic mass is 10.1. The number of hydrogen-bond donors (Lipinski definition) is 1. The molecule has 1 aliphatic rings. The maximum atomic E-state index is 13.0. The lowest BCUT2D eigenvalue weighted by Crippen LogP contribution is -2.43. The Morgan fingerprint density at radius 2 is 2.10 bits per heavy atom. The van der Waals surface area contributed by atoms with E-state index in [0.717, 1.165) is 56.6 Å². The van der Waals surface area contributed by atoms with Gasteiger partial charge in [0.05, 0.1) is 5.69 Å². The molecule has 0 unspecified atom stereocenters. The highest BCUT2D eigenvalue weighted by Gasteiger charge is 2.11.